The number of benzene rings is 1. The molecule has 2 aromatic rings. The van der Waals surface area contributed by atoms with Crippen molar-refractivity contribution >= 4 is 5.91 Å². The van der Waals surface area contributed by atoms with Gasteiger partial charge in [0.25, 0.3) is 5.91 Å². The van der Waals surface area contributed by atoms with Crippen LogP contribution in [0, 0.1) is 13.8 Å². The van der Waals surface area contributed by atoms with E-state index in [1.165, 1.54) is 0 Å². The fourth-order valence-electron chi connectivity index (χ4n) is 1.93. The first-order valence-corrected chi connectivity index (χ1v) is 6.17. The second kappa shape index (κ2) is 5.61. The summed E-state index contributed by atoms with van der Waals surface area (Å²) in [4.78, 5) is 22.3. The van der Waals surface area contributed by atoms with Crippen LogP contribution in [0.15, 0.2) is 36.5 Å². The second-order valence-electron chi connectivity index (χ2n) is 4.56. The number of hydrogen-bond acceptors (Lipinski definition) is 3. The first kappa shape index (κ1) is 13.2. The van der Waals surface area contributed by atoms with E-state index >= 15 is 0 Å². The summed E-state index contributed by atoms with van der Waals surface area (Å²) in [5.41, 5.74) is 2.38. The second-order valence-corrected chi connectivity index (χ2v) is 4.56. The van der Waals surface area contributed by atoms with E-state index in [0.29, 0.717) is 17.9 Å². The zero-order valence-corrected chi connectivity index (χ0v) is 11.4. The molecule has 0 saturated carbocycles. The summed E-state index contributed by atoms with van der Waals surface area (Å²) in [6.07, 6.45) is 1.60. The molecule has 0 aliphatic rings. The van der Waals surface area contributed by atoms with Crippen LogP contribution < -0.4 is 0 Å². The third-order valence-electron chi connectivity index (χ3n) is 2.94. The van der Waals surface area contributed by atoms with Gasteiger partial charge in [0.15, 0.2) is 0 Å². The van der Waals surface area contributed by atoms with E-state index in [1.54, 1.807) is 18.1 Å². The van der Waals surface area contributed by atoms with Crippen LogP contribution in [0.3, 0.4) is 0 Å². The Morgan fingerprint density at radius 3 is 2.53 bits per heavy atom. The molecule has 4 heteroatoms. The number of rotatable bonds is 3. The van der Waals surface area contributed by atoms with Gasteiger partial charge in [0, 0.05) is 19.8 Å². The van der Waals surface area contributed by atoms with Crippen molar-refractivity contribution in [2.24, 2.45) is 0 Å². The minimum absolute atomic E-state index is 0.0543. The van der Waals surface area contributed by atoms with Crippen LogP contribution in [0.4, 0.5) is 0 Å². The predicted octanol–water partition coefficient (Wildman–Crippen LogP) is 2.37. The van der Waals surface area contributed by atoms with Gasteiger partial charge in [0.05, 0.1) is 11.3 Å². The molecule has 0 aliphatic heterocycles. The quantitative estimate of drug-likeness (QED) is 0.845. The number of carbonyl (C=O) groups is 1. The van der Waals surface area contributed by atoms with Gasteiger partial charge in [-0.15, -0.1) is 0 Å². The van der Waals surface area contributed by atoms with E-state index in [0.717, 1.165) is 11.3 Å². The van der Waals surface area contributed by atoms with Crippen molar-refractivity contribution in [3.05, 3.63) is 59.2 Å². The maximum Gasteiger partial charge on any atom is 0.257 e. The Morgan fingerprint density at radius 2 is 1.89 bits per heavy atom. The molecule has 1 heterocycles. The molecule has 0 spiro atoms. The summed E-state index contributed by atoms with van der Waals surface area (Å²) in [6.45, 7) is 4.22. The topological polar surface area (TPSA) is 46.1 Å². The summed E-state index contributed by atoms with van der Waals surface area (Å²) < 4.78 is 0. The molecule has 19 heavy (non-hydrogen) atoms. The maximum atomic E-state index is 12.3. The van der Waals surface area contributed by atoms with E-state index in [2.05, 4.69) is 9.97 Å². The molecular weight excluding hydrogens is 238 g/mol. The lowest BCUT2D eigenvalue weighted by atomic mass is 10.2. The highest BCUT2D eigenvalue weighted by atomic mass is 16.2. The Morgan fingerprint density at radius 1 is 1.21 bits per heavy atom. The molecule has 0 radical (unpaired) electrons. The Hall–Kier alpha value is -2.23. The Kier molecular flexibility index (Phi) is 3.90. The van der Waals surface area contributed by atoms with Crippen LogP contribution in [-0.4, -0.2) is 27.8 Å². The lowest BCUT2D eigenvalue weighted by Crippen LogP contribution is -2.27. The zero-order valence-electron chi connectivity index (χ0n) is 11.4. The third-order valence-corrected chi connectivity index (χ3v) is 2.94. The number of aromatic nitrogens is 2. The van der Waals surface area contributed by atoms with E-state index in [9.17, 15) is 4.79 Å². The smallest absolute Gasteiger partial charge is 0.257 e. The summed E-state index contributed by atoms with van der Waals surface area (Å²) in [5.74, 6) is 0.626. The fourth-order valence-corrected chi connectivity index (χ4v) is 1.93. The summed E-state index contributed by atoms with van der Waals surface area (Å²) in [5, 5.41) is 0. The van der Waals surface area contributed by atoms with Crippen molar-refractivity contribution in [1.29, 1.82) is 0 Å². The van der Waals surface area contributed by atoms with Crippen LogP contribution in [0.2, 0.25) is 0 Å². The molecule has 0 aliphatic carbocycles. The molecule has 0 N–H and O–H groups in total. The van der Waals surface area contributed by atoms with Crippen LogP contribution in [-0.2, 0) is 6.54 Å². The van der Waals surface area contributed by atoms with Gasteiger partial charge in [0.2, 0.25) is 0 Å². The molecule has 98 valence electrons. The summed E-state index contributed by atoms with van der Waals surface area (Å²) >= 11 is 0. The van der Waals surface area contributed by atoms with Crippen LogP contribution in [0.1, 0.15) is 27.4 Å². The monoisotopic (exact) mass is 255 g/mol. The first-order chi connectivity index (χ1) is 9.08. The van der Waals surface area contributed by atoms with Crippen LogP contribution in [0.25, 0.3) is 0 Å². The number of carbonyl (C=O) groups excluding carboxylic acids is 1. The van der Waals surface area contributed by atoms with Crippen LogP contribution in [0.5, 0.6) is 0 Å². The average Bonchev–Trinajstić information content (AvgIpc) is 2.39. The van der Waals surface area contributed by atoms with Crippen molar-refractivity contribution in [3.8, 4) is 0 Å². The Balaban J connectivity index is 2.15. The number of hydrogen-bond donors (Lipinski definition) is 0. The molecule has 0 fully saturated rings. The van der Waals surface area contributed by atoms with Gasteiger partial charge < -0.3 is 4.90 Å². The molecule has 1 aromatic heterocycles. The maximum absolute atomic E-state index is 12.3. The van der Waals surface area contributed by atoms with Gasteiger partial charge in [-0.1, -0.05) is 30.3 Å². The lowest BCUT2D eigenvalue weighted by molar-refractivity contribution is 0.0783. The average molecular weight is 255 g/mol. The standard InChI is InChI=1S/C15H17N3O/c1-11-14(9-16-12(2)17-11)15(19)18(3)10-13-7-5-4-6-8-13/h4-9H,10H2,1-3H3. The van der Waals surface area contributed by atoms with Crippen molar-refractivity contribution < 1.29 is 4.79 Å². The largest absolute Gasteiger partial charge is 0.337 e. The minimum Gasteiger partial charge on any atom is -0.337 e. The third kappa shape index (κ3) is 3.16. The van der Waals surface area contributed by atoms with E-state index in [1.807, 2.05) is 44.2 Å². The Labute approximate surface area is 113 Å². The van der Waals surface area contributed by atoms with Gasteiger partial charge in [-0.25, -0.2) is 9.97 Å². The van der Waals surface area contributed by atoms with Crippen molar-refractivity contribution in [3.63, 3.8) is 0 Å². The molecule has 0 unspecified atom stereocenters. The predicted molar refractivity (Wildman–Crippen MR) is 73.7 cm³/mol. The summed E-state index contributed by atoms with van der Waals surface area (Å²) in [7, 11) is 1.79. The molecule has 0 atom stereocenters. The lowest BCUT2D eigenvalue weighted by Gasteiger charge is -2.18. The number of nitrogens with zero attached hydrogens (tertiary/aromatic N) is 3. The SMILES string of the molecule is Cc1ncc(C(=O)N(C)Cc2ccccc2)c(C)n1. The van der Waals surface area contributed by atoms with Crippen molar-refractivity contribution in [2.45, 2.75) is 20.4 Å². The molecular formula is C15H17N3O. The highest BCUT2D eigenvalue weighted by Crippen LogP contribution is 2.10. The first-order valence-electron chi connectivity index (χ1n) is 6.17. The summed E-state index contributed by atoms with van der Waals surface area (Å²) in [6, 6.07) is 9.90. The molecule has 2 rings (SSSR count). The normalized spacial score (nSPS) is 10.3. The van der Waals surface area contributed by atoms with Crippen molar-refractivity contribution in [1.82, 2.24) is 14.9 Å². The highest BCUT2D eigenvalue weighted by molar-refractivity contribution is 5.94. The number of aryl methyl sites for hydroxylation is 2. The van der Waals surface area contributed by atoms with Gasteiger partial charge in [-0.3, -0.25) is 4.79 Å². The molecule has 0 saturated heterocycles. The zero-order chi connectivity index (χ0) is 13.8. The van der Waals surface area contributed by atoms with E-state index < -0.39 is 0 Å². The van der Waals surface area contributed by atoms with E-state index in [-0.39, 0.29) is 5.91 Å². The minimum atomic E-state index is -0.0543. The number of amides is 1. The fraction of sp³-hybridized carbons (Fsp3) is 0.267. The Bertz CT molecular complexity index is 581. The van der Waals surface area contributed by atoms with Gasteiger partial charge >= 0.3 is 0 Å². The van der Waals surface area contributed by atoms with Crippen LogP contribution >= 0.6 is 0 Å². The van der Waals surface area contributed by atoms with Crippen molar-refractivity contribution in [2.75, 3.05) is 7.05 Å². The van der Waals surface area contributed by atoms with Gasteiger partial charge in [0.1, 0.15) is 5.82 Å². The molecule has 1 aromatic carbocycles. The van der Waals surface area contributed by atoms with Gasteiger partial charge in [-0.05, 0) is 19.4 Å². The molecule has 1 amide bonds. The van der Waals surface area contributed by atoms with E-state index in [4.69, 9.17) is 0 Å². The molecule has 0 bridgehead atoms. The highest BCUT2D eigenvalue weighted by Gasteiger charge is 2.15. The van der Waals surface area contributed by atoms with Gasteiger partial charge in [-0.2, -0.15) is 0 Å². The molecule has 4 nitrogen and oxygen atoms in total.